The van der Waals surface area contributed by atoms with E-state index >= 15 is 0 Å². The van der Waals surface area contributed by atoms with Crippen molar-refractivity contribution in [1.29, 1.82) is 0 Å². The molecule has 1 fully saturated rings. The maximum atomic E-state index is 14.2. The third-order valence-corrected chi connectivity index (χ3v) is 5.90. The first-order chi connectivity index (χ1) is 14.7. The number of fused-ring (bicyclic) bond motifs is 4. The molecule has 164 valence electrons. The lowest BCUT2D eigenvalue weighted by Gasteiger charge is -2.34. The molecule has 2 aliphatic rings. The average Bonchev–Trinajstić information content (AvgIpc) is 2.96. The van der Waals surface area contributed by atoms with Crippen molar-refractivity contribution >= 4 is 11.8 Å². The van der Waals surface area contributed by atoms with Crippen molar-refractivity contribution in [3.05, 3.63) is 62.3 Å². The Morgan fingerprint density at radius 1 is 1.23 bits per heavy atom. The van der Waals surface area contributed by atoms with E-state index in [0.29, 0.717) is 25.6 Å². The molecule has 1 unspecified atom stereocenters. The smallest absolute Gasteiger partial charge is 0.274 e. The Morgan fingerprint density at radius 3 is 2.71 bits per heavy atom. The van der Waals surface area contributed by atoms with Crippen LogP contribution in [0.5, 0.6) is 5.75 Å². The van der Waals surface area contributed by atoms with Crippen LogP contribution in [-0.4, -0.2) is 39.5 Å². The van der Waals surface area contributed by atoms with Crippen molar-refractivity contribution in [1.82, 2.24) is 14.8 Å². The summed E-state index contributed by atoms with van der Waals surface area (Å²) in [6.45, 7) is 1.44. The normalized spacial score (nSPS) is 17.9. The number of nitrogens with zero attached hydrogens (tertiary/aromatic N) is 2. The molecule has 2 bridgehead atoms. The standard InChI is InChI=1S/C21H20F3N3O4/c1-10-14(22)6-15(23)12(16(10)24)7-25-20(30)13-9-27-11-4-2-3-5-26(8-11)21(31)17(27)19(29)18(13)28/h6,9,11,29H,2-5,7-8H2,1H3,(H,25,30). The van der Waals surface area contributed by atoms with Crippen LogP contribution in [0.4, 0.5) is 13.2 Å². The molecule has 0 aliphatic carbocycles. The van der Waals surface area contributed by atoms with Gasteiger partial charge in [0.05, 0.1) is 6.04 Å². The quantitative estimate of drug-likeness (QED) is 0.775. The predicted octanol–water partition coefficient (Wildman–Crippen LogP) is 2.39. The Labute approximate surface area is 175 Å². The van der Waals surface area contributed by atoms with Gasteiger partial charge in [-0.15, -0.1) is 0 Å². The fraction of sp³-hybridized carbons (Fsp3) is 0.381. The number of carbonyl (C=O) groups excluding carboxylic acids is 2. The Balaban J connectivity index is 1.67. The fourth-order valence-electron chi connectivity index (χ4n) is 4.13. The molecule has 2 aliphatic heterocycles. The van der Waals surface area contributed by atoms with Crippen LogP contribution in [0.15, 0.2) is 17.1 Å². The van der Waals surface area contributed by atoms with E-state index in [9.17, 15) is 32.7 Å². The lowest BCUT2D eigenvalue weighted by atomic mass is 10.1. The minimum absolute atomic E-state index is 0.161. The molecule has 7 nitrogen and oxygen atoms in total. The number of benzene rings is 1. The number of amides is 2. The highest BCUT2D eigenvalue weighted by Gasteiger charge is 2.36. The van der Waals surface area contributed by atoms with Crippen molar-refractivity contribution in [2.24, 2.45) is 0 Å². The number of aromatic hydroxyl groups is 1. The largest absolute Gasteiger partial charge is 0.503 e. The molecule has 31 heavy (non-hydrogen) atoms. The summed E-state index contributed by atoms with van der Waals surface area (Å²) >= 11 is 0. The molecule has 1 saturated heterocycles. The summed E-state index contributed by atoms with van der Waals surface area (Å²) in [6.07, 6.45) is 3.54. The molecule has 3 heterocycles. The number of hydrogen-bond acceptors (Lipinski definition) is 4. The molecule has 0 radical (unpaired) electrons. The van der Waals surface area contributed by atoms with Crippen LogP contribution in [0.25, 0.3) is 0 Å². The van der Waals surface area contributed by atoms with Gasteiger partial charge in [-0.3, -0.25) is 14.4 Å². The number of hydrogen-bond donors (Lipinski definition) is 2. The number of halogens is 3. The summed E-state index contributed by atoms with van der Waals surface area (Å²) in [7, 11) is 0. The summed E-state index contributed by atoms with van der Waals surface area (Å²) in [5.74, 6) is -5.64. The maximum absolute atomic E-state index is 14.2. The van der Waals surface area contributed by atoms with Gasteiger partial charge >= 0.3 is 0 Å². The van der Waals surface area contributed by atoms with Crippen LogP contribution in [-0.2, 0) is 6.54 Å². The van der Waals surface area contributed by atoms with E-state index in [0.717, 1.165) is 19.8 Å². The topological polar surface area (TPSA) is 91.6 Å². The molecule has 2 aromatic rings. The maximum Gasteiger partial charge on any atom is 0.274 e. The minimum atomic E-state index is -1.17. The Morgan fingerprint density at radius 2 is 1.97 bits per heavy atom. The zero-order valence-corrected chi connectivity index (χ0v) is 16.7. The van der Waals surface area contributed by atoms with E-state index < -0.39 is 63.7 Å². The zero-order chi connectivity index (χ0) is 22.4. The zero-order valence-electron chi connectivity index (χ0n) is 16.7. The SMILES string of the molecule is Cc1c(F)cc(F)c(CNC(=O)c2cn3c(c(O)c2=O)C(=O)N2CCCCC3C2)c1F. The van der Waals surface area contributed by atoms with Gasteiger partial charge < -0.3 is 19.9 Å². The van der Waals surface area contributed by atoms with E-state index in [4.69, 9.17) is 0 Å². The molecule has 0 saturated carbocycles. The van der Waals surface area contributed by atoms with E-state index in [1.165, 1.54) is 10.8 Å². The highest BCUT2D eigenvalue weighted by molar-refractivity contribution is 5.99. The van der Waals surface area contributed by atoms with Crippen molar-refractivity contribution in [3.8, 4) is 5.75 Å². The fourth-order valence-corrected chi connectivity index (χ4v) is 4.13. The summed E-state index contributed by atoms with van der Waals surface area (Å²) in [4.78, 5) is 39.5. The Kier molecular flexibility index (Phi) is 5.24. The van der Waals surface area contributed by atoms with Gasteiger partial charge in [-0.1, -0.05) is 0 Å². The molecule has 1 aromatic carbocycles. The van der Waals surface area contributed by atoms with Gasteiger partial charge in [0.1, 0.15) is 23.0 Å². The first kappa shape index (κ1) is 21.0. The minimum Gasteiger partial charge on any atom is -0.503 e. The van der Waals surface area contributed by atoms with Crippen molar-refractivity contribution in [2.75, 3.05) is 13.1 Å². The summed E-state index contributed by atoms with van der Waals surface area (Å²) in [5.41, 5.74) is -2.61. The monoisotopic (exact) mass is 435 g/mol. The number of carbonyl (C=O) groups is 2. The Bertz CT molecular complexity index is 1160. The van der Waals surface area contributed by atoms with Gasteiger partial charge in [-0.05, 0) is 26.2 Å². The summed E-state index contributed by atoms with van der Waals surface area (Å²) in [6, 6.07) is 0.311. The third-order valence-electron chi connectivity index (χ3n) is 5.90. The van der Waals surface area contributed by atoms with Gasteiger partial charge in [0.25, 0.3) is 11.8 Å². The first-order valence-electron chi connectivity index (χ1n) is 9.89. The molecule has 1 atom stereocenters. The van der Waals surface area contributed by atoms with Crippen molar-refractivity contribution in [2.45, 2.75) is 38.8 Å². The molecule has 2 amide bonds. The van der Waals surface area contributed by atoms with Gasteiger partial charge in [0.2, 0.25) is 5.43 Å². The molecule has 10 heteroatoms. The van der Waals surface area contributed by atoms with Crippen LogP contribution >= 0.6 is 0 Å². The van der Waals surface area contributed by atoms with E-state index in [1.807, 2.05) is 0 Å². The lowest BCUT2D eigenvalue weighted by Crippen LogP contribution is -2.44. The lowest BCUT2D eigenvalue weighted by molar-refractivity contribution is 0.0677. The summed E-state index contributed by atoms with van der Waals surface area (Å²) < 4.78 is 43.0. The number of nitrogens with one attached hydrogen (secondary N) is 1. The third kappa shape index (κ3) is 3.45. The second-order valence-electron chi connectivity index (χ2n) is 7.82. The van der Waals surface area contributed by atoms with Crippen LogP contribution < -0.4 is 10.7 Å². The number of pyridine rings is 1. The summed E-state index contributed by atoms with van der Waals surface area (Å²) in [5, 5.41) is 12.6. The molecule has 2 N–H and O–H groups in total. The van der Waals surface area contributed by atoms with Crippen molar-refractivity contribution < 1.29 is 27.9 Å². The van der Waals surface area contributed by atoms with Gasteiger partial charge in [-0.2, -0.15) is 0 Å². The van der Waals surface area contributed by atoms with E-state index in [2.05, 4.69) is 5.32 Å². The van der Waals surface area contributed by atoms with Crippen molar-refractivity contribution in [3.63, 3.8) is 0 Å². The van der Waals surface area contributed by atoms with E-state index in [1.54, 1.807) is 4.90 Å². The van der Waals surface area contributed by atoms with Crippen LogP contribution in [0.2, 0.25) is 0 Å². The molecule has 1 aromatic heterocycles. The molecular formula is C21H20F3N3O4. The highest BCUT2D eigenvalue weighted by atomic mass is 19.1. The molecule has 4 rings (SSSR count). The predicted molar refractivity (Wildman–Crippen MR) is 103 cm³/mol. The first-order valence-corrected chi connectivity index (χ1v) is 9.89. The number of aromatic nitrogens is 1. The van der Waals surface area contributed by atoms with E-state index in [-0.39, 0.29) is 11.7 Å². The molecule has 0 spiro atoms. The van der Waals surface area contributed by atoms with Gasteiger partial charge in [0, 0.05) is 43.0 Å². The molecular weight excluding hydrogens is 415 g/mol. The average molecular weight is 435 g/mol. The van der Waals surface area contributed by atoms with Crippen LogP contribution in [0.3, 0.4) is 0 Å². The second kappa shape index (κ2) is 7.75. The Hall–Kier alpha value is -3.30. The highest BCUT2D eigenvalue weighted by Crippen LogP contribution is 2.31. The van der Waals surface area contributed by atoms with Gasteiger partial charge in [0.15, 0.2) is 11.4 Å². The van der Waals surface area contributed by atoms with Gasteiger partial charge in [-0.25, -0.2) is 13.2 Å². The van der Waals surface area contributed by atoms with Crippen LogP contribution in [0.1, 0.15) is 57.3 Å². The van der Waals surface area contributed by atoms with Crippen LogP contribution in [0, 0.1) is 24.4 Å². The second-order valence-corrected chi connectivity index (χ2v) is 7.82. The number of rotatable bonds is 3.